The summed E-state index contributed by atoms with van der Waals surface area (Å²) in [5, 5.41) is 30.0. The molecule has 0 spiro atoms. The third-order valence-corrected chi connectivity index (χ3v) is 11.4. The molecular formula is C50H26N4O2. The summed E-state index contributed by atoms with van der Waals surface area (Å²) in [6.07, 6.45) is 0. The molecule has 0 aliphatic carbocycles. The van der Waals surface area contributed by atoms with Crippen molar-refractivity contribution in [1.29, 1.82) is 10.5 Å². The molecule has 0 aliphatic heterocycles. The second-order valence-corrected chi connectivity index (χ2v) is 14.3. The Morgan fingerprint density at radius 1 is 0.429 bits per heavy atom. The van der Waals surface area contributed by atoms with Gasteiger partial charge in [-0.1, -0.05) is 97.1 Å². The Labute approximate surface area is 318 Å². The van der Waals surface area contributed by atoms with Gasteiger partial charge in [-0.25, -0.2) is 0 Å². The summed E-state index contributed by atoms with van der Waals surface area (Å²) in [5.74, 6) is 0. The highest BCUT2D eigenvalue weighted by atomic mass is 16.3. The largest absolute Gasteiger partial charge is 0.454 e. The highest BCUT2D eigenvalue weighted by molar-refractivity contribution is 6.23. The Hall–Kier alpha value is -8.06. The highest BCUT2D eigenvalue weighted by Gasteiger charge is 2.24. The molecule has 0 fully saturated rings. The van der Waals surface area contributed by atoms with Gasteiger partial charge in [0.1, 0.15) is 17.2 Å². The van der Waals surface area contributed by atoms with Crippen molar-refractivity contribution in [3.05, 3.63) is 169 Å². The van der Waals surface area contributed by atoms with E-state index in [-0.39, 0.29) is 0 Å². The fourth-order valence-corrected chi connectivity index (χ4v) is 9.01. The topological polar surface area (TPSA) is 83.7 Å². The van der Waals surface area contributed by atoms with E-state index in [1.165, 1.54) is 0 Å². The Morgan fingerprint density at radius 3 is 1.57 bits per heavy atom. The summed E-state index contributed by atoms with van der Waals surface area (Å²) in [5.41, 5.74) is 10.9. The molecule has 0 saturated heterocycles. The number of furan rings is 2. The lowest BCUT2D eigenvalue weighted by molar-refractivity contribution is 0.670. The number of rotatable bonds is 3. The molecule has 6 heteroatoms. The number of hydrogen-bond acceptors (Lipinski definition) is 4. The average molecular weight is 715 g/mol. The maximum atomic E-state index is 11.1. The zero-order chi connectivity index (χ0) is 37.1. The molecule has 258 valence electrons. The van der Waals surface area contributed by atoms with Crippen LogP contribution in [0.4, 0.5) is 0 Å². The number of para-hydroxylation sites is 4. The van der Waals surface area contributed by atoms with Crippen molar-refractivity contribution in [2.24, 2.45) is 0 Å². The van der Waals surface area contributed by atoms with Crippen LogP contribution in [0.3, 0.4) is 0 Å². The quantitative estimate of drug-likeness (QED) is 0.182. The summed E-state index contributed by atoms with van der Waals surface area (Å²) in [6, 6.07) is 58.2. The number of fused-ring (bicyclic) bond motifs is 14. The van der Waals surface area contributed by atoms with Gasteiger partial charge in [0.2, 0.25) is 0 Å². The fraction of sp³-hybridized carbons (Fsp3) is 0. The van der Waals surface area contributed by atoms with E-state index in [1.807, 2.05) is 72.8 Å². The molecule has 0 bridgehead atoms. The lowest BCUT2D eigenvalue weighted by Gasteiger charge is -2.16. The molecule has 0 unspecified atom stereocenters. The van der Waals surface area contributed by atoms with Crippen LogP contribution in [0.5, 0.6) is 0 Å². The van der Waals surface area contributed by atoms with Crippen LogP contribution in [-0.4, -0.2) is 9.13 Å². The van der Waals surface area contributed by atoms with Crippen LogP contribution in [-0.2, 0) is 0 Å². The molecule has 6 nitrogen and oxygen atoms in total. The third kappa shape index (κ3) is 4.02. The van der Waals surface area contributed by atoms with Crippen molar-refractivity contribution >= 4 is 87.5 Å². The minimum absolute atomic E-state index is 0.447. The molecule has 0 amide bonds. The van der Waals surface area contributed by atoms with Crippen LogP contribution in [0.15, 0.2) is 167 Å². The van der Waals surface area contributed by atoms with E-state index < -0.39 is 0 Å². The first-order chi connectivity index (χ1) is 27.7. The lowest BCUT2D eigenvalue weighted by atomic mass is 9.95. The number of hydrogen-bond donors (Lipinski definition) is 0. The second-order valence-electron chi connectivity index (χ2n) is 14.3. The van der Waals surface area contributed by atoms with Gasteiger partial charge in [-0.2, -0.15) is 10.5 Å². The Bertz CT molecular complexity index is 3750. The minimum Gasteiger partial charge on any atom is -0.454 e. The van der Waals surface area contributed by atoms with Crippen LogP contribution >= 0.6 is 0 Å². The van der Waals surface area contributed by atoms with Crippen molar-refractivity contribution in [2.75, 3.05) is 0 Å². The monoisotopic (exact) mass is 714 g/mol. The molecule has 0 atom stereocenters. The van der Waals surface area contributed by atoms with E-state index in [4.69, 9.17) is 8.83 Å². The molecule has 8 aromatic carbocycles. The number of aromatic nitrogens is 2. The molecule has 0 aliphatic rings. The second kappa shape index (κ2) is 11.2. The summed E-state index contributed by atoms with van der Waals surface area (Å²) in [4.78, 5) is 0. The van der Waals surface area contributed by atoms with Crippen LogP contribution < -0.4 is 0 Å². The van der Waals surface area contributed by atoms with Gasteiger partial charge in [0.05, 0.1) is 45.0 Å². The summed E-state index contributed by atoms with van der Waals surface area (Å²) < 4.78 is 17.6. The standard InChI is InChI=1S/C50H26N4O2/c51-27-29-24-40(41(28-52)44(25-29)54-43-17-6-2-13-33(43)37-21-23-39-35-15-4-8-19-46(35)56-50(39)48(37)54)30-10-9-11-31(26-30)53-42-16-5-1-12-32(42)36-20-22-38-34-14-3-7-18-45(34)55-49(38)47(36)53/h1-26H. The molecule has 0 radical (unpaired) electrons. The van der Waals surface area contributed by atoms with Crippen molar-refractivity contribution in [3.63, 3.8) is 0 Å². The Balaban J connectivity index is 1.15. The predicted molar refractivity (Wildman–Crippen MR) is 225 cm³/mol. The van der Waals surface area contributed by atoms with Gasteiger partial charge in [0, 0.05) is 54.3 Å². The first-order valence-electron chi connectivity index (χ1n) is 18.5. The average Bonchev–Trinajstić information content (AvgIpc) is 4.01. The van der Waals surface area contributed by atoms with Crippen molar-refractivity contribution in [2.45, 2.75) is 0 Å². The van der Waals surface area contributed by atoms with Gasteiger partial charge in [-0.3, -0.25) is 0 Å². The van der Waals surface area contributed by atoms with Crippen LogP contribution in [0.25, 0.3) is 110 Å². The maximum absolute atomic E-state index is 11.1. The highest BCUT2D eigenvalue weighted by Crippen LogP contribution is 2.44. The number of benzene rings is 8. The van der Waals surface area contributed by atoms with Gasteiger partial charge in [-0.05, 0) is 66.2 Å². The molecule has 4 heterocycles. The van der Waals surface area contributed by atoms with Gasteiger partial charge < -0.3 is 18.0 Å². The van der Waals surface area contributed by atoms with E-state index in [9.17, 15) is 10.5 Å². The van der Waals surface area contributed by atoms with E-state index in [0.29, 0.717) is 22.4 Å². The van der Waals surface area contributed by atoms with Crippen molar-refractivity contribution < 1.29 is 8.83 Å². The number of nitriles is 2. The predicted octanol–water partition coefficient (Wildman–Crippen LogP) is 13.1. The van der Waals surface area contributed by atoms with Crippen molar-refractivity contribution in [3.8, 4) is 34.6 Å². The van der Waals surface area contributed by atoms with E-state index >= 15 is 0 Å². The van der Waals surface area contributed by atoms with Crippen LogP contribution in [0, 0.1) is 22.7 Å². The summed E-state index contributed by atoms with van der Waals surface area (Å²) >= 11 is 0. The van der Waals surface area contributed by atoms with Gasteiger partial charge in [-0.15, -0.1) is 0 Å². The van der Waals surface area contributed by atoms with Gasteiger partial charge >= 0.3 is 0 Å². The van der Waals surface area contributed by atoms with Crippen molar-refractivity contribution in [1.82, 2.24) is 9.13 Å². The smallest absolute Gasteiger partial charge is 0.160 e. The van der Waals surface area contributed by atoms with Gasteiger partial charge in [0.25, 0.3) is 0 Å². The van der Waals surface area contributed by atoms with Crippen LogP contribution in [0.1, 0.15) is 11.1 Å². The van der Waals surface area contributed by atoms with Gasteiger partial charge in [0.15, 0.2) is 11.2 Å². The van der Waals surface area contributed by atoms with E-state index in [2.05, 4.69) is 106 Å². The molecule has 12 rings (SSSR count). The summed E-state index contributed by atoms with van der Waals surface area (Å²) in [7, 11) is 0. The third-order valence-electron chi connectivity index (χ3n) is 11.4. The molecule has 0 saturated carbocycles. The van der Waals surface area contributed by atoms with Crippen LogP contribution in [0.2, 0.25) is 0 Å². The Kier molecular flexibility index (Phi) is 6.10. The first kappa shape index (κ1) is 30.4. The summed E-state index contributed by atoms with van der Waals surface area (Å²) in [6.45, 7) is 0. The molecule has 0 N–H and O–H groups in total. The SMILES string of the molecule is N#Cc1cc(-c2cccc(-n3c4ccccc4c4ccc5c6ccccc6oc5c43)c2)c(C#N)c(-n2c3ccccc3c3ccc4c5ccccc5oc4c32)c1. The molecule has 12 aromatic rings. The zero-order valence-electron chi connectivity index (χ0n) is 29.6. The molecular weight excluding hydrogens is 689 g/mol. The molecule has 56 heavy (non-hydrogen) atoms. The maximum Gasteiger partial charge on any atom is 0.160 e. The zero-order valence-corrected chi connectivity index (χ0v) is 29.6. The van der Waals surface area contributed by atoms with E-state index in [0.717, 1.165) is 98.7 Å². The fourth-order valence-electron chi connectivity index (χ4n) is 9.01. The number of nitrogens with zero attached hydrogens (tertiary/aromatic N) is 4. The normalized spacial score (nSPS) is 11.9. The van der Waals surface area contributed by atoms with E-state index in [1.54, 1.807) is 0 Å². The first-order valence-corrected chi connectivity index (χ1v) is 18.5. The Morgan fingerprint density at radius 2 is 0.964 bits per heavy atom. The molecule has 4 aromatic heterocycles. The lowest BCUT2D eigenvalue weighted by Crippen LogP contribution is -2.02. The minimum atomic E-state index is 0.447.